The third kappa shape index (κ3) is 5.82. The van der Waals surface area contributed by atoms with Gasteiger partial charge in [0.2, 0.25) is 0 Å². The molecule has 35 heavy (non-hydrogen) atoms. The molecule has 0 aliphatic carbocycles. The lowest BCUT2D eigenvalue weighted by Crippen LogP contribution is -2.17. The summed E-state index contributed by atoms with van der Waals surface area (Å²) in [4.78, 5) is 12.5. The Morgan fingerprint density at radius 2 is 1.40 bits per heavy atom. The van der Waals surface area contributed by atoms with Crippen LogP contribution in [-0.4, -0.2) is 11.2 Å². The van der Waals surface area contributed by atoms with Crippen LogP contribution >= 0.6 is 0 Å². The molecule has 0 atom stereocenters. The summed E-state index contributed by atoms with van der Waals surface area (Å²) in [5.41, 5.74) is 5.33. The zero-order valence-electron chi connectivity index (χ0n) is 20.3. The first kappa shape index (κ1) is 23.9. The molecule has 0 heterocycles. The van der Waals surface area contributed by atoms with E-state index in [2.05, 4.69) is 5.32 Å². The molecule has 2 N–H and O–H groups in total. The smallest absolute Gasteiger partial charge is 0.417 e. The van der Waals surface area contributed by atoms with E-state index in [0.29, 0.717) is 22.9 Å². The summed E-state index contributed by atoms with van der Waals surface area (Å²) >= 11 is 0. The molecule has 0 saturated heterocycles. The highest BCUT2D eigenvalue weighted by molar-refractivity contribution is 5.87. The number of amides is 1. The summed E-state index contributed by atoms with van der Waals surface area (Å²) in [7, 11) is 0. The summed E-state index contributed by atoms with van der Waals surface area (Å²) in [6, 6.07) is 26.3. The lowest BCUT2D eigenvalue weighted by Gasteiger charge is -2.16. The average Bonchev–Trinajstić information content (AvgIpc) is 2.83. The number of carbonyl (C=O) groups excluding carboxylic acids is 1. The molecule has 0 bridgehead atoms. The Morgan fingerprint density at radius 3 is 2.03 bits per heavy atom. The number of rotatable bonds is 6. The molecular formula is C30H29NO4. The van der Waals surface area contributed by atoms with Crippen LogP contribution in [0.15, 0.2) is 84.9 Å². The predicted octanol–water partition coefficient (Wildman–Crippen LogP) is 8.20. The van der Waals surface area contributed by atoms with Gasteiger partial charge in [0.15, 0.2) is 0 Å². The van der Waals surface area contributed by atoms with E-state index in [0.717, 1.165) is 27.8 Å². The molecule has 5 nitrogen and oxygen atoms in total. The SMILES string of the molecule is Cc1cc(NC(=O)Oc2ccc(-c3ccccc3)cc2)cc(C)c1Oc1ccc(O)c(C(C)C)c1. The second-order valence-electron chi connectivity index (χ2n) is 8.82. The van der Waals surface area contributed by atoms with Gasteiger partial charge in [-0.3, -0.25) is 5.32 Å². The number of nitrogens with one attached hydrogen (secondary N) is 1. The summed E-state index contributed by atoms with van der Waals surface area (Å²) in [5.74, 6) is 2.25. The van der Waals surface area contributed by atoms with Crippen molar-refractivity contribution in [3.05, 3.63) is 102 Å². The van der Waals surface area contributed by atoms with Crippen LogP contribution in [0.4, 0.5) is 10.5 Å². The third-order valence-corrected chi connectivity index (χ3v) is 5.72. The highest BCUT2D eigenvalue weighted by atomic mass is 16.6. The molecule has 4 aromatic carbocycles. The summed E-state index contributed by atoms with van der Waals surface area (Å²) in [5, 5.41) is 12.9. The second kappa shape index (κ2) is 10.3. The monoisotopic (exact) mass is 467 g/mol. The van der Waals surface area contributed by atoms with E-state index in [9.17, 15) is 9.90 Å². The van der Waals surface area contributed by atoms with Gasteiger partial charge in [0.05, 0.1) is 0 Å². The van der Waals surface area contributed by atoms with Crippen LogP contribution in [0.3, 0.4) is 0 Å². The lowest BCUT2D eigenvalue weighted by atomic mass is 10.0. The van der Waals surface area contributed by atoms with E-state index >= 15 is 0 Å². The molecular weight excluding hydrogens is 438 g/mol. The van der Waals surface area contributed by atoms with E-state index in [-0.39, 0.29) is 11.7 Å². The molecule has 0 aliphatic rings. The van der Waals surface area contributed by atoms with E-state index in [1.54, 1.807) is 24.3 Å². The number of aromatic hydroxyl groups is 1. The highest BCUT2D eigenvalue weighted by Gasteiger charge is 2.13. The first-order chi connectivity index (χ1) is 16.8. The molecule has 0 spiro atoms. The number of phenols is 1. The Hall–Kier alpha value is -4.25. The van der Waals surface area contributed by atoms with Crippen LogP contribution in [0.5, 0.6) is 23.0 Å². The Balaban J connectivity index is 1.43. The average molecular weight is 468 g/mol. The van der Waals surface area contributed by atoms with Gasteiger partial charge in [-0.25, -0.2) is 4.79 Å². The fourth-order valence-electron chi connectivity index (χ4n) is 3.96. The Bertz CT molecular complexity index is 1310. The number of hydrogen-bond donors (Lipinski definition) is 2. The maximum atomic E-state index is 12.5. The van der Waals surface area contributed by atoms with Gasteiger partial charge in [-0.1, -0.05) is 56.3 Å². The number of aryl methyl sites for hydroxylation is 2. The number of anilines is 1. The van der Waals surface area contributed by atoms with Gasteiger partial charge in [0, 0.05) is 11.3 Å². The summed E-state index contributed by atoms with van der Waals surface area (Å²) < 4.78 is 11.6. The highest BCUT2D eigenvalue weighted by Crippen LogP contribution is 2.35. The minimum absolute atomic E-state index is 0.174. The molecule has 4 rings (SSSR count). The molecule has 0 fully saturated rings. The van der Waals surface area contributed by atoms with Crippen molar-refractivity contribution in [1.29, 1.82) is 0 Å². The second-order valence-corrected chi connectivity index (χ2v) is 8.82. The first-order valence-corrected chi connectivity index (χ1v) is 11.6. The fourth-order valence-corrected chi connectivity index (χ4v) is 3.96. The minimum Gasteiger partial charge on any atom is -0.508 e. The topological polar surface area (TPSA) is 67.8 Å². The molecule has 0 radical (unpaired) electrons. The van der Waals surface area contributed by atoms with Gasteiger partial charge in [0.1, 0.15) is 23.0 Å². The van der Waals surface area contributed by atoms with Crippen LogP contribution < -0.4 is 14.8 Å². The van der Waals surface area contributed by atoms with Crippen LogP contribution in [0, 0.1) is 13.8 Å². The number of carbonyl (C=O) groups is 1. The van der Waals surface area contributed by atoms with Crippen molar-refractivity contribution >= 4 is 11.8 Å². The summed E-state index contributed by atoms with van der Waals surface area (Å²) in [6.45, 7) is 7.88. The fraction of sp³-hybridized carbons (Fsp3) is 0.167. The molecule has 0 aromatic heterocycles. The van der Waals surface area contributed by atoms with E-state index in [1.165, 1.54) is 0 Å². The maximum absolute atomic E-state index is 12.5. The number of phenolic OH excluding ortho intramolecular Hbond substituents is 1. The molecule has 5 heteroatoms. The van der Waals surface area contributed by atoms with Crippen molar-refractivity contribution in [1.82, 2.24) is 0 Å². The number of benzene rings is 4. The third-order valence-electron chi connectivity index (χ3n) is 5.72. The quantitative estimate of drug-likeness (QED) is 0.300. The predicted molar refractivity (Wildman–Crippen MR) is 140 cm³/mol. The zero-order valence-corrected chi connectivity index (χ0v) is 20.3. The van der Waals surface area contributed by atoms with Gasteiger partial charge < -0.3 is 14.6 Å². The molecule has 0 aliphatic heterocycles. The number of ether oxygens (including phenoxy) is 2. The summed E-state index contributed by atoms with van der Waals surface area (Å²) in [6.07, 6.45) is -0.565. The van der Waals surface area contributed by atoms with Gasteiger partial charge in [0.25, 0.3) is 0 Å². The normalized spacial score (nSPS) is 10.8. The Labute approximate surface area is 206 Å². The van der Waals surface area contributed by atoms with Gasteiger partial charge in [-0.15, -0.1) is 0 Å². The number of hydrogen-bond acceptors (Lipinski definition) is 4. The van der Waals surface area contributed by atoms with Crippen LogP contribution in [0.25, 0.3) is 11.1 Å². The van der Waals surface area contributed by atoms with Crippen molar-refractivity contribution in [2.45, 2.75) is 33.6 Å². The van der Waals surface area contributed by atoms with Crippen LogP contribution in [-0.2, 0) is 0 Å². The molecule has 4 aromatic rings. The molecule has 178 valence electrons. The van der Waals surface area contributed by atoms with E-state index in [4.69, 9.17) is 9.47 Å². The molecule has 0 saturated carbocycles. The van der Waals surface area contributed by atoms with Gasteiger partial charge in [-0.2, -0.15) is 0 Å². The van der Waals surface area contributed by atoms with Crippen molar-refractivity contribution in [2.24, 2.45) is 0 Å². The van der Waals surface area contributed by atoms with Crippen LogP contribution in [0.2, 0.25) is 0 Å². The lowest BCUT2D eigenvalue weighted by molar-refractivity contribution is 0.215. The van der Waals surface area contributed by atoms with Gasteiger partial charge in [-0.05, 0) is 84.5 Å². The Morgan fingerprint density at radius 1 is 0.800 bits per heavy atom. The molecule has 1 amide bonds. The Kier molecular flexibility index (Phi) is 7.06. The van der Waals surface area contributed by atoms with E-state index < -0.39 is 6.09 Å². The van der Waals surface area contributed by atoms with Crippen LogP contribution in [0.1, 0.15) is 36.5 Å². The van der Waals surface area contributed by atoms with Crippen molar-refractivity contribution in [3.8, 4) is 34.1 Å². The van der Waals surface area contributed by atoms with Crippen molar-refractivity contribution < 1.29 is 19.4 Å². The van der Waals surface area contributed by atoms with Gasteiger partial charge >= 0.3 is 6.09 Å². The maximum Gasteiger partial charge on any atom is 0.417 e. The first-order valence-electron chi connectivity index (χ1n) is 11.6. The minimum atomic E-state index is -0.565. The largest absolute Gasteiger partial charge is 0.508 e. The standard InChI is InChI=1S/C30H29NO4/c1-19(2)27-18-26(14-15-28(27)32)34-29-20(3)16-24(17-21(29)4)31-30(33)35-25-12-10-23(11-13-25)22-8-6-5-7-9-22/h5-19,32H,1-4H3,(H,31,33). The zero-order chi connectivity index (χ0) is 24.9. The van der Waals surface area contributed by atoms with E-state index in [1.807, 2.05) is 88.4 Å². The van der Waals surface area contributed by atoms with Crippen molar-refractivity contribution in [2.75, 3.05) is 5.32 Å². The molecule has 0 unspecified atom stereocenters. The van der Waals surface area contributed by atoms with Crippen molar-refractivity contribution in [3.63, 3.8) is 0 Å².